The van der Waals surface area contributed by atoms with Crippen LogP contribution < -0.4 is 5.73 Å². The summed E-state index contributed by atoms with van der Waals surface area (Å²) in [5.41, 5.74) is 7.07. The van der Waals surface area contributed by atoms with Crippen LogP contribution in [0.5, 0.6) is 0 Å². The molecule has 0 saturated heterocycles. The van der Waals surface area contributed by atoms with Crippen LogP contribution in [0.3, 0.4) is 0 Å². The molecule has 4 nitrogen and oxygen atoms in total. The monoisotopic (exact) mass is 270 g/mol. The first-order valence-electron chi connectivity index (χ1n) is 6.08. The maximum Gasteiger partial charge on any atom is 0.242 e. The summed E-state index contributed by atoms with van der Waals surface area (Å²) in [6, 6.07) is 7.07. The normalized spacial score (nSPS) is 15.7. The molecule has 2 unspecified atom stereocenters. The molecule has 0 radical (unpaired) electrons. The van der Waals surface area contributed by atoms with Gasteiger partial charge < -0.3 is 5.73 Å². The molecular weight excluding hydrogens is 248 g/mol. The fraction of sp³-hybridized carbons (Fsp3) is 0.538. The molecule has 102 valence electrons. The first kappa shape index (κ1) is 15.1. The Morgan fingerprint density at radius 3 is 2.11 bits per heavy atom. The molecule has 1 rings (SSSR count). The van der Waals surface area contributed by atoms with Crippen molar-refractivity contribution in [3.05, 3.63) is 29.8 Å². The van der Waals surface area contributed by atoms with Crippen LogP contribution in [0, 0.1) is 0 Å². The van der Waals surface area contributed by atoms with Crippen molar-refractivity contribution in [2.75, 3.05) is 14.1 Å². The van der Waals surface area contributed by atoms with E-state index < -0.39 is 10.0 Å². The smallest absolute Gasteiger partial charge is 0.242 e. The highest BCUT2D eigenvalue weighted by Gasteiger charge is 2.18. The number of nitrogens with zero attached hydrogens (tertiary/aromatic N) is 1. The van der Waals surface area contributed by atoms with Gasteiger partial charge in [-0.1, -0.05) is 26.0 Å². The maximum atomic E-state index is 11.9. The number of sulfonamides is 1. The van der Waals surface area contributed by atoms with Crippen molar-refractivity contribution in [2.45, 2.75) is 37.1 Å². The van der Waals surface area contributed by atoms with Gasteiger partial charge in [-0.15, -0.1) is 0 Å². The molecule has 1 aromatic carbocycles. The zero-order chi connectivity index (χ0) is 13.9. The number of hydrogen-bond donors (Lipinski definition) is 1. The molecule has 0 aliphatic heterocycles. The van der Waals surface area contributed by atoms with Gasteiger partial charge in [0, 0.05) is 20.1 Å². The van der Waals surface area contributed by atoms with Gasteiger partial charge in [0.15, 0.2) is 0 Å². The van der Waals surface area contributed by atoms with E-state index in [0.29, 0.717) is 4.90 Å². The van der Waals surface area contributed by atoms with Crippen LogP contribution in [-0.2, 0) is 10.0 Å². The second-order valence-corrected chi connectivity index (χ2v) is 6.87. The van der Waals surface area contributed by atoms with Crippen LogP contribution in [0.15, 0.2) is 29.2 Å². The molecule has 0 aromatic heterocycles. The number of benzene rings is 1. The summed E-state index contributed by atoms with van der Waals surface area (Å²) in [5.74, 6) is 0.228. The lowest BCUT2D eigenvalue weighted by atomic mass is 9.92. The van der Waals surface area contributed by atoms with E-state index in [-0.39, 0.29) is 12.0 Å². The van der Waals surface area contributed by atoms with Crippen molar-refractivity contribution < 1.29 is 8.42 Å². The highest BCUT2D eigenvalue weighted by molar-refractivity contribution is 7.89. The van der Waals surface area contributed by atoms with Gasteiger partial charge in [0.2, 0.25) is 10.0 Å². The van der Waals surface area contributed by atoms with Crippen molar-refractivity contribution in [3.8, 4) is 0 Å². The average Bonchev–Trinajstić information content (AvgIpc) is 2.36. The van der Waals surface area contributed by atoms with Crippen molar-refractivity contribution in [1.29, 1.82) is 0 Å². The zero-order valence-corrected chi connectivity index (χ0v) is 12.2. The molecule has 2 N–H and O–H groups in total. The minimum atomic E-state index is -3.34. The van der Waals surface area contributed by atoms with E-state index in [1.54, 1.807) is 12.1 Å². The van der Waals surface area contributed by atoms with Gasteiger partial charge in [0.1, 0.15) is 0 Å². The van der Waals surface area contributed by atoms with Gasteiger partial charge in [-0.3, -0.25) is 0 Å². The topological polar surface area (TPSA) is 63.4 Å². The Morgan fingerprint density at radius 1 is 1.22 bits per heavy atom. The molecule has 2 atom stereocenters. The second-order valence-electron chi connectivity index (χ2n) is 4.72. The summed E-state index contributed by atoms with van der Waals surface area (Å²) in [5, 5.41) is 0. The van der Waals surface area contributed by atoms with Crippen LogP contribution in [0.25, 0.3) is 0 Å². The predicted octanol–water partition coefficient (Wildman–Crippen LogP) is 1.78. The minimum absolute atomic E-state index is 0.0984. The van der Waals surface area contributed by atoms with Gasteiger partial charge in [0.25, 0.3) is 0 Å². The van der Waals surface area contributed by atoms with Crippen molar-refractivity contribution >= 4 is 10.0 Å². The van der Waals surface area contributed by atoms with Gasteiger partial charge in [-0.05, 0) is 30.0 Å². The Hall–Kier alpha value is -0.910. The molecule has 0 fully saturated rings. The average molecular weight is 270 g/mol. The molecule has 0 saturated carbocycles. The van der Waals surface area contributed by atoms with E-state index in [4.69, 9.17) is 5.73 Å². The van der Waals surface area contributed by atoms with Crippen LogP contribution in [-0.4, -0.2) is 32.9 Å². The second kappa shape index (κ2) is 5.82. The highest BCUT2D eigenvalue weighted by Crippen LogP contribution is 2.22. The van der Waals surface area contributed by atoms with E-state index in [9.17, 15) is 8.42 Å². The fourth-order valence-electron chi connectivity index (χ4n) is 1.75. The molecule has 18 heavy (non-hydrogen) atoms. The van der Waals surface area contributed by atoms with Gasteiger partial charge in [-0.2, -0.15) is 0 Å². The van der Waals surface area contributed by atoms with Crippen LogP contribution in [0.1, 0.15) is 31.7 Å². The summed E-state index contributed by atoms with van der Waals surface area (Å²) >= 11 is 0. The van der Waals surface area contributed by atoms with E-state index in [2.05, 4.69) is 6.92 Å². The summed E-state index contributed by atoms with van der Waals surface area (Å²) in [6.45, 7) is 4.11. The zero-order valence-electron chi connectivity index (χ0n) is 11.4. The third-order valence-electron chi connectivity index (χ3n) is 3.30. The number of hydrogen-bond acceptors (Lipinski definition) is 3. The Labute approximate surface area is 110 Å². The summed E-state index contributed by atoms with van der Waals surface area (Å²) in [7, 11) is -0.290. The van der Waals surface area contributed by atoms with E-state index >= 15 is 0 Å². The molecule has 1 aromatic rings. The van der Waals surface area contributed by atoms with E-state index in [0.717, 1.165) is 12.0 Å². The van der Waals surface area contributed by atoms with Crippen molar-refractivity contribution in [2.24, 2.45) is 5.73 Å². The summed E-state index contributed by atoms with van der Waals surface area (Å²) in [4.78, 5) is 0.313. The number of rotatable bonds is 5. The van der Waals surface area contributed by atoms with Gasteiger partial charge >= 0.3 is 0 Å². The molecule has 0 aliphatic rings. The molecule has 0 heterocycles. The Morgan fingerprint density at radius 2 is 1.72 bits per heavy atom. The lowest BCUT2D eigenvalue weighted by Gasteiger charge is -2.19. The van der Waals surface area contributed by atoms with Crippen LogP contribution >= 0.6 is 0 Å². The maximum absolute atomic E-state index is 11.9. The van der Waals surface area contributed by atoms with Gasteiger partial charge in [-0.25, -0.2) is 12.7 Å². The largest absolute Gasteiger partial charge is 0.327 e. The Kier molecular flexibility index (Phi) is 4.90. The molecule has 5 heteroatoms. The van der Waals surface area contributed by atoms with Crippen LogP contribution in [0.2, 0.25) is 0 Å². The van der Waals surface area contributed by atoms with Crippen molar-refractivity contribution in [1.82, 2.24) is 4.31 Å². The first-order valence-corrected chi connectivity index (χ1v) is 7.52. The van der Waals surface area contributed by atoms with Crippen LogP contribution in [0.4, 0.5) is 0 Å². The Bertz CT molecular complexity index is 480. The summed E-state index contributed by atoms with van der Waals surface area (Å²) < 4.78 is 25.0. The molecule has 0 bridgehead atoms. The molecule has 0 spiro atoms. The SMILES string of the molecule is CCC(N)C(C)c1ccc(S(=O)(=O)N(C)C)cc1. The molecular formula is C13H22N2O2S. The standard InChI is InChI=1S/C13H22N2O2S/c1-5-13(14)10(2)11-6-8-12(9-7-11)18(16,17)15(3)4/h6-10,13H,5,14H2,1-4H3. The van der Waals surface area contributed by atoms with E-state index in [1.165, 1.54) is 18.4 Å². The highest BCUT2D eigenvalue weighted by atomic mass is 32.2. The third kappa shape index (κ3) is 3.10. The van der Waals surface area contributed by atoms with E-state index in [1.807, 2.05) is 19.1 Å². The fourth-order valence-corrected chi connectivity index (χ4v) is 2.66. The molecule has 0 amide bonds. The summed E-state index contributed by atoms with van der Waals surface area (Å²) in [6.07, 6.45) is 0.902. The minimum Gasteiger partial charge on any atom is -0.327 e. The first-order chi connectivity index (χ1) is 8.30. The Balaban J connectivity index is 3.01. The lowest BCUT2D eigenvalue weighted by molar-refractivity contribution is 0.520. The van der Waals surface area contributed by atoms with Crippen molar-refractivity contribution in [3.63, 3.8) is 0 Å². The quantitative estimate of drug-likeness (QED) is 0.887. The third-order valence-corrected chi connectivity index (χ3v) is 5.13. The molecule has 0 aliphatic carbocycles. The number of nitrogens with two attached hydrogens (primary N) is 1. The lowest BCUT2D eigenvalue weighted by Crippen LogP contribution is -2.26. The van der Waals surface area contributed by atoms with Gasteiger partial charge in [0.05, 0.1) is 4.90 Å². The predicted molar refractivity (Wildman–Crippen MR) is 74.0 cm³/mol.